The van der Waals surface area contributed by atoms with E-state index in [1.807, 2.05) is 54.6 Å². The van der Waals surface area contributed by atoms with Gasteiger partial charge in [-0.3, -0.25) is 4.79 Å². The molecule has 0 aliphatic rings. The first-order valence-corrected chi connectivity index (χ1v) is 10.8. The second-order valence-corrected chi connectivity index (χ2v) is 8.48. The first-order chi connectivity index (χ1) is 15.0. The van der Waals surface area contributed by atoms with Crippen LogP contribution in [0.2, 0.25) is 10.0 Å². The number of hydrogen-bond donors (Lipinski definition) is 2. The average molecular weight is 471 g/mol. The first kappa shape index (κ1) is 21.2. The normalized spacial score (nSPS) is 10.6. The highest BCUT2D eigenvalue weighted by atomic mass is 35.5. The van der Waals surface area contributed by atoms with Crippen LogP contribution < -0.4 is 10.1 Å². The van der Waals surface area contributed by atoms with E-state index in [1.165, 1.54) is 11.3 Å². The fourth-order valence-corrected chi connectivity index (χ4v) is 4.34. The molecule has 0 saturated heterocycles. The number of aromatic nitrogens is 1. The van der Waals surface area contributed by atoms with Gasteiger partial charge in [-0.25, -0.2) is 4.98 Å². The quantitative estimate of drug-likeness (QED) is 0.296. The van der Waals surface area contributed by atoms with Gasteiger partial charge < -0.3 is 15.2 Å². The van der Waals surface area contributed by atoms with Crippen molar-refractivity contribution in [2.24, 2.45) is 0 Å². The van der Waals surface area contributed by atoms with Crippen LogP contribution >= 0.6 is 34.5 Å². The Kier molecular flexibility index (Phi) is 6.42. The van der Waals surface area contributed by atoms with Gasteiger partial charge in [0.15, 0.2) is 5.13 Å². The molecule has 0 bridgehead atoms. The van der Waals surface area contributed by atoms with E-state index in [2.05, 4.69) is 10.3 Å². The third-order valence-electron chi connectivity index (χ3n) is 4.29. The highest BCUT2D eigenvalue weighted by Crippen LogP contribution is 2.36. The van der Waals surface area contributed by atoms with Gasteiger partial charge in [0, 0.05) is 15.5 Å². The molecule has 1 aromatic heterocycles. The van der Waals surface area contributed by atoms with Crippen LogP contribution in [0.4, 0.5) is 10.8 Å². The maximum absolute atomic E-state index is 11.4. The summed E-state index contributed by atoms with van der Waals surface area (Å²) >= 11 is 13.5. The molecular formula is C23H16Cl2N2O3S. The molecule has 4 rings (SSSR count). The summed E-state index contributed by atoms with van der Waals surface area (Å²) in [5, 5.41) is 14.0. The van der Waals surface area contributed by atoms with Crippen LogP contribution in [0.3, 0.4) is 0 Å². The van der Waals surface area contributed by atoms with Crippen molar-refractivity contribution < 1.29 is 14.6 Å². The van der Waals surface area contributed by atoms with E-state index < -0.39 is 5.97 Å². The van der Waals surface area contributed by atoms with E-state index in [1.54, 1.807) is 18.2 Å². The Morgan fingerprint density at radius 3 is 2.39 bits per heavy atom. The number of ether oxygens (including phenoxy) is 1. The van der Waals surface area contributed by atoms with Gasteiger partial charge >= 0.3 is 5.97 Å². The second kappa shape index (κ2) is 9.39. The molecule has 0 amide bonds. The number of anilines is 2. The number of aliphatic carboxylic acids is 1. The van der Waals surface area contributed by atoms with E-state index in [0.717, 1.165) is 11.3 Å². The number of hydrogen-bond acceptors (Lipinski definition) is 5. The third kappa shape index (κ3) is 5.35. The first-order valence-electron chi connectivity index (χ1n) is 9.25. The van der Waals surface area contributed by atoms with E-state index in [-0.39, 0.29) is 6.42 Å². The lowest BCUT2D eigenvalue weighted by molar-refractivity contribution is -0.136. The summed E-state index contributed by atoms with van der Waals surface area (Å²) in [6, 6.07) is 21.9. The van der Waals surface area contributed by atoms with E-state index in [4.69, 9.17) is 27.9 Å². The topological polar surface area (TPSA) is 71.5 Å². The average Bonchev–Trinajstić information content (AvgIpc) is 3.13. The summed E-state index contributed by atoms with van der Waals surface area (Å²) in [4.78, 5) is 16.6. The number of halogens is 2. The van der Waals surface area contributed by atoms with Crippen LogP contribution in [-0.2, 0) is 11.2 Å². The number of nitrogens with zero attached hydrogens (tertiary/aromatic N) is 1. The van der Waals surface area contributed by atoms with Crippen LogP contribution in [-0.4, -0.2) is 16.1 Å². The standard InChI is InChI=1S/C23H16Cl2N2O3S/c24-15-8-11-19(18(25)12-15)26-23-27-22(20(31-23)13-21(28)29)14-6-9-17(10-7-14)30-16-4-2-1-3-5-16/h1-12H,13H2,(H,26,27)(H,28,29). The summed E-state index contributed by atoms with van der Waals surface area (Å²) in [5.74, 6) is 0.489. The molecule has 0 aliphatic heterocycles. The number of carbonyl (C=O) groups is 1. The van der Waals surface area contributed by atoms with Gasteiger partial charge in [0.2, 0.25) is 0 Å². The summed E-state index contributed by atoms with van der Waals surface area (Å²) < 4.78 is 5.82. The molecule has 0 unspecified atom stereocenters. The zero-order chi connectivity index (χ0) is 21.8. The molecule has 0 spiro atoms. The van der Waals surface area contributed by atoms with Crippen molar-refractivity contribution in [3.05, 3.63) is 87.7 Å². The van der Waals surface area contributed by atoms with Gasteiger partial charge in [-0.05, 0) is 54.6 Å². The minimum Gasteiger partial charge on any atom is -0.481 e. The van der Waals surface area contributed by atoms with E-state index in [9.17, 15) is 9.90 Å². The summed E-state index contributed by atoms with van der Waals surface area (Å²) in [6.45, 7) is 0. The van der Waals surface area contributed by atoms with Crippen molar-refractivity contribution in [1.82, 2.24) is 4.98 Å². The Labute approximate surface area is 192 Å². The lowest BCUT2D eigenvalue weighted by Gasteiger charge is -2.07. The molecule has 0 atom stereocenters. The summed E-state index contributed by atoms with van der Waals surface area (Å²) in [7, 11) is 0. The number of para-hydroxylation sites is 1. The van der Waals surface area contributed by atoms with Crippen molar-refractivity contribution in [3.8, 4) is 22.8 Å². The van der Waals surface area contributed by atoms with E-state index in [0.29, 0.717) is 37.2 Å². The molecule has 0 radical (unpaired) electrons. The predicted octanol–water partition coefficient (Wildman–Crippen LogP) is 7.28. The Bertz CT molecular complexity index is 1210. The Morgan fingerprint density at radius 2 is 1.71 bits per heavy atom. The zero-order valence-electron chi connectivity index (χ0n) is 16.0. The fourth-order valence-electron chi connectivity index (χ4n) is 2.90. The highest BCUT2D eigenvalue weighted by molar-refractivity contribution is 7.16. The molecule has 5 nitrogen and oxygen atoms in total. The molecule has 3 aromatic carbocycles. The number of nitrogens with one attached hydrogen (secondary N) is 1. The molecule has 8 heteroatoms. The Morgan fingerprint density at radius 1 is 1.00 bits per heavy atom. The molecule has 156 valence electrons. The summed E-state index contributed by atoms with van der Waals surface area (Å²) in [5.41, 5.74) is 2.04. The third-order valence-corrected chi connectivity index (χ3v) is 5.81. The van der Waals surface area contributed by atoms with Gasteiger partial charge in [-0.2, -0.15) is 0 Å². The fraction of sp³-hybridized carbons (Fsp3) is 0.0435. The van der Waals surface area contributed by atoms with Crippen molar-refractivity contribution in [3.63, 3.8) is 0 Å². The minimum absolute atomic E-state index is 0.134. The number of benzene rings is 3. The van der Waals surface area contributed by atoms with Crippen molar-refractivity contribution in [2.75, 3.05) is 5.32 Å². The molecule has 0 aliphatic carbocycles. The van der Waals surface area contributed by atoms with Crippen molar-refractivity contribution in [1.29, 1.82) is 0 Å². The second-order valence-electron chi connectivity index (χ2n) is 6.55. The monoisotopic (exact) mass is 470 g/mol. The van der Waals surface area contributed by atoms with Gasteiger partial charge in [0.1, 0.15) is 11.5 Å². The summed E-state index contributed by atoms with van der Waals surface area (Å²) in [6.07, 6.45) is -0.134. The molecule has 2 N–H and O–H groups in total. The van der Waals surface area contributed by atoms with Crippen LogP contribution in [0.5, 0.6) is 11.5 Å². The van der Waals surface area contributed by atoms with Crippen molar-refractivity contribution in [2.45, 2.75) is 6.42 Å². The molecule has 0 saturated carbocycles. The smallest absolute Gasteiger partial charge is 0.308 e. The van der Waals surface area contributed by atoms with Gasteiger partial charge in [0.05, 0.1) is 22.8 Å². The van der Waals surface area contributed by atoms with Crippen LogP contribution in [0.1, 0.15) is 4.88 Å². The predicted molar refractivity (Wildman–Crippen MR) is 125 cm³/mol. The molecule has 0 fully saturated rings. The van der Waals surface area contributed by atoms with Crippen LogP contribution in [0.25, 0.3) is 11.3 Å². The largest absolute Gasteiger partial charge is 0.481 e. The van der Waals surface area contributed by atoms with Crippen LogP contribution in [0, 0.1) is 0 Å². The Balaban J connectivity index is 1.61. The van der Waals surface area contributed by atoms with Gasteiger partial charge in [0.25, 0.3) is 0 Å². The van der Waals surface area contributed by atoms with E-state index >= 15 is 0 Å². The number of thiazole rings is 1. The van der Waals surface area contributed by atoms with Gasteiger partial charge in [-0.1, -0.05) is 41.4 Å². The maximum atomic E-state index is 11.4. The zero-order valence-corrected chi connectivity index (χ0v) is 18.3. The number of rotatable bonds is 7. The molecule has 31 heavy (non-hydrogen) atoms. The lowest BCUT2D eigenvalue weighted by atomic mass is 10.1. The maximum Gasteiger partial charge on any atom is 0.308 e. The highest BCUT2D eigenvalue weighted by Gasteiger charge is 2.17. The molecule has 4 aromatic rings. The SMILES string of the molecule is O=C(O)Cc1sc(Nc2ccc(Cl)cc2Cl)nc1-c1ccc(Oc2ccccc2)cc1. The molecular weight excluding hydrogens is 455 g/mol. The lowest BCUT2D eigenvalue weighted by Crippen LogP contribution is -1.99. The minimum atomic E-state index is -0.926. The molecule has 1 heterocycles. The number of carboxylic acid groups (broad SMARTS) is 1. The van der Waals surface area contributed by atoms with Gasteiger partial charge in [-0.15, -0.1) is 11.3 Å². The van der Waals surface area contributed by atoms with Crippen LogP contribution in [0.15, 0.2) is 72.8 Å². The van der Waals surface area contributed by atoms with Crippen molar-refractivity contribution >= 4 is 51.3 Å². The number of carboxylic acids is 1. The Hall–Kier alpha value is -3.06.